The van der Waals surface area contributed by atoms with E-state index in [1.807, 2.05) is 19.1 Å². The molecule has 1 unspecified atom stereocenters. The fourth-order valence-electron chi connectivity index (χ4n) is 1.96. The molecule has 1 aromatic heterocycles. The lowest BCUT2D eigenvalue weighted by Crippen LogP contribution is -2.27. The number of rotatable bonds is 6. The Bertz CT molecular complexity index is 584. The number of hydrogen-bond donors (Lipinski definition) is 1. The molecule has 6 heteroatoms. The van der Waals surface area contributed by atoms with Crippen molar-refractivity contribution >= 4 is 17.3 Å². The van der Waals surface area contributed by atoms with Gasteiger partial charge in [-0.3, -0.25) is 10.1 Å². The van der Waals surface area contributed by atoms with Crippen LogP contribution in [0.15, 0.2) is 41.0 Å². The van der Waals surface area contributed by atoms with Gasteiger partial charge in [0.25, 0.3) is 5.69 Å². The van der Waals surface area contributed by atoms with Crippen LogP contribution in [-0.2, 0) is 13.0 Å². The van der Waals surface area contributed by atoms with Crippen LogP contribution in [0.1, 0.15) is 18.2 Å². The highest BCUT2D eigenvalue weighted by Gasteiger charge is 2.14. The van der Waals surface area contributed by atoms with Crippen LogP contribution in [0.25, 0.3) is 0 Å². The monoisotopic (exact) mass is 294 g/mol. The molecular formula is C14H15ClN2O3. The quantitative estimate of drug-likeness (QED) is 0.653. The first kappa shape index (κ1) is 14.6. The average Bonchev–Trinajstić information content (AvgIpc) is 2.89. The van der Waals surface area contributed by atoms with Crippen molar-refractivity contribution in [1.82, 2.24) is 5.32 Å². The molecule has 0 aliphatic heterocycles. The van der Waals surface area contributed by atoms with Crippen LogP contribution < -0.4 is 5.32 Å². The second-order valence-corrected chi connectivity index (χ2v) is 5.03. The predicted octanol–water partition coefficient (Wildman–Crippen LogP) is 3.56. The maximum atomic E-state index is 11.0. The van der Waals surface area contributed by atoms with E-state index in [-0.39, 0.29) is 11.7 Å². The van der Waals surface area contributed by atoms with Crippen LogP contribution >= 0.6 is 11.6 Å². The molecule has 0 saturated carbocycles. The lowest BCUT2D eigenvalue weighted by atomic mass is 10.1. The van der Waals surface area contributed by atoms with Gasteiger partial charge in [0.2, 0.25) is 0 Å². The molecule has 1 atom stereocenters. The Balaban J connectivity index is 1.99. The lowest BCUT2D eigenvalue weighted by molar-refractivity contribution is -0.385. The highest BCUT2D eigenvalue weighted by Crippen LogP contribution is 2.22. The molecule has 2 aromatic rings. The van der Waals surface area contributed by atoms with Crippen molar-refractivity contribution in [3.8, 4) is 0 Å². The number of halogens is 1. The zero-order valence-corrected chi connectivity index (χ0v) is 11.8. The van der Waals surface area contributed by atoms with E-state index in [9.17, 15) is 10.1 Å². The summed E-state index contributed by atoms with van der Waals surface area (Å²) in [6.07, 6.45) is 2.35. The Labute approximate surface area is 121 Å². The van der Waals surface area contributed by atoms with E-state index in [0.29, 0.717) is 17.1 Å². The summed E-state index contributed by atoms with van der Waals surface area (Å²) in [6, 6.07) is 8.45. The number of nitrogens with zero attached hydrogens (tertiary/aromatic N) is 1. The molecule has 0 saturated heterocycles. The third-order valence-electron chi connectivity index (χ3n) is 2.97. The van der Waals surface area contributed by atoms with E-state index >= 15 is 0 Å². The Kier molecular flexibility index (Phi) is 4.76. The molecule has 106 valence electrons. The first-order valence-electron chi connectivity index (χ1n) is 6.25. The minimum absolute atomic E-state index is 0.0760. The highest BCUT2D eigenvalue weighted by atomic mass is 35.5. The van der Waals surface area contributed by atoms with Gasteiger partial charge in [0.15, 0.2) is 0 Å². The molecule has 5 nitrogen and oxygen atoms in total. The summed E-state index contributed by atoms with van der Waals surface area (Å²) in [5, 5.41) is 14.7. The van der Waals surface area contributed by atoms with Crippen LogP contribution in [0.5, 0.6) is 0 Å². The highest BCUT2D eigenvalue weighted by molar-refractivity contribution is 6.30. The molecule has 0 aliphatic rings. The number of benzene rings is 1. The third kappa shape index (κ3) is 3.82. The van der Waals surface area contributed by atoms with Gasteiger partial charge in [-0.15, -0.1) is 0 Å². The second kappa shape index (κ2) is 6.54. The van der Waals surface area contributed by atoms with Crippen LogP contribution in [0.3, 0.4) is 0 Å². The lowest BCUT2D eigenvalue weighted by Gasteiger charge is -2.12. The van der Waals surface area contributed by atoms with Gasteiger partial charge >= 0.3 is 0 Å². The number of nitro groups is 1. The maximum absolute atomic E-state index is 11.0. The van der Waals surface area contributed by atoms with Gasteiger partial charge in [0, 0.05) is 35.7 Å². The van der Waals surface area contributed by atoms with Crippen molar-refractivity contribution in [2.75, 3.05) is 0 Å². The first-order valence-corrected chi connectivity index (χ1v) is 6.62. The maximum Gasteiger partial charge on any atom is 0.273 e. The molecule has 1 N–H and O–H groups in total. The molecule has 0 aliphatic carbocycles. The summed E-state index contributed by atoms with van der Waals surface area (Å²) >= 11 is 5.89. The first-order chi connectivity index (χ1) is 9.56. The van der Waals surface area contributed by atoms with E-state index in [4.69, 9.17) is 16.0 Å². The predicted molar refractivity (Wildman–Crippen MR) is 76.8 cm³/mol. The number of nitro benzene ring substituents is 1. The zero-order valence-electron chi connectivity index (χ0n) is 11.0. The second-order valence-electron chi connectivity index (χ2n) is 4.60. The van der Waals surface area contributed by atoms with Gasteiger partial charge in [-0.1, -0.05) is 11.6 Å². The molecule has 0 fully saturated rings. The summed E-state index contributed by atoms with van der Waals surface area (Å²) in [5.74, 6) is 0.880. The van der Waals surface area contributed by atoms with Crippen molar-refractivity contribution in [2.45, 2.75) is 25.9 Å². The van der Waals surface area contributed by atoms with Gasteiger partial charge in [0.05, 0.1) is 11.2 Å². The van der Waals surface area contributed by atoms with Gasteiger partial charge in [-0.05, 0) is 31.2 Å². The van der Waals surface area contributed by atoms with E-state index < -0.39 is 4.92 Å². The Morgan fingerprint density at radius 1 is 1.45 bits per heavy atom. The number of nitrogens with one attached hydrogen (secondary N) is 1. The number of hydrogen-bond acceptors (Lipinski definition) is 4. The molecule has 0 amide bonds. The third-order valence-corrected chi connectivity index (χ3v) is 3.20. The fourth-order valence-corrected chi connectivity index (χ4v) is 2.16. The van der Waals surface area contributed by atoms with Gasteiger partial charge < -0.3 is 9.73 Å². The minimum Gasteiger partial charge on any atom is -0.469 e. The minimum atomic E-state index is -0.398. The summed E-state index contributed by atoms with van der Waals surface area (Å²) in [7, 11) is 0. The van der Waals surface area contributed by atoms with Crippen LogP contribution in [0.4, 0.5) is 5.69 Å². The Hall–Kier alpha value is -1.85. The summed E-state index contributed by atoms with van der Waals surface area (Å²) < 4.78 is 5.27. The van der Waals surface area contributed by atoms with E-state index in [1.54, 1.807) is 12.3 Å². The standard InChI is InChI=1S/C14H15ClN2O3/c1-10(7-13-3-2-6-20-13)16-9-11-8-12(15)4-5-14(11)17(18)19/h2-6,8,10,16H,7,9H2,1H3. The normalized spacial score (nSPS) is 12.3. The summed E-state index contributed by atoms with van der Waals surface area (Å²) in [5.41, 5.74) is 0.654. The largest absolute Gasteiger partial charge is 0.469 e. The van der Waals surface area contributed by atoms with Crippen molar-refractivity contribution in [3.63, 3.8) is 0 Å². The van der Waals surface area contributed by atoms with Gasteiger partial charge in [0.1, 0.15) is 5.76 Å². The summed E-state index contributed by atoms with van der Waals surface area (Å²) in [6.45, 7) is 2.39. The molecular weight excluding hydrogens is 280 g/mol. The number of furan rings is 1. The molecule has 0 radical (unpaired) electrons. The van der Waals surface area contributed by atoms with Crippen molar-refractivity contribution in [1.29, 1.82) is 0 Å². The van der Waals surface area contributed by atoms with Crippen LogP contribution in [0.2, 0.25) is 5.02 Å². The van der Waals surface area contributed by atoms with Crippen molar-refractivity contribution in [2.24, 2.45) is 0 Å². The topological polar surface area (TPSA) is 68.3 Å². The fraction of sp³-hybridized carbons (Fsp3) is 0.286. The molecule has 0 spiro atoms. The van der Waals surface area contributed by atoms with Crippen molar-refractivity contribution < 1.29 is 9.34 Å². The summed E-state index contributed by atoms with van der Waals surface area (Å²) in [4.78, 5) is 10.6. The van der Waals surface area contributed by atoms with Crippen LogP contribution in [-0.4, -0.2) is 11.0 Å². The Morgan fingerprint density at radius 2 is 2.25 bits per heavy atom. The van der Waals surface area contributed by atoms with E-state index in [2.05, 4.69) is 5.32 Å². The SMILES string of the molecule is CC(Cc1ccco1)NCc1cc(Cl)ccc1[N+](=O)[O-]. The smallest absolute Gasteiger partial charge is 0.273 e. The van der Waals surface area contributed by atoms with Gasteiger partial charge in [-0.25, -0.2) is 0 Å². The molecule has 1 heterocycles. The molecule has 2 rings (SSSR count). The molecule has 1 aromatic carbocycles. The zero-order chi connectivity index (χ0) is 14.5. The Morgan fingerprint density at radius 3 is 2.90 bits per heavy atom. The van der Waals surface area contributed by atoms with E-state index in [1.165, 1.54) is 12.1 Å². The van der Waals surface area contributed by atoms with Gasteiger partial charge in [-0.2, -0.15) is 0 Å². The van der Waals surface area contributed by atoms with Crippen molar-refractivity contribution in [3.05, 3.63) is 63.1 Å². The van der Waals surface area contributed by atoms with Crippen LogP contribution in [0, 0.1) is 10.1 Å². The average molecular weight is 295 g/mol. The molecule has 0 bridgehead atoms. The van der Waals surface area contributed by atoms with E-state index in [0.717, 1.165) is 12.2 Å². The molecule has 20 heavy (non-hydrogen) atoms.